The van der Waals surface area contributed by atoms with Crippen molar-refractivity contribution in [1.29, 1.82) is 0 Å². The van der Waals surface area contributed by atoms with Crippen molar-refractivity contribution in [3.63, 3.8) is 0 Å². The summed E-state index contributed by atoms with van der Waals surface area (Å²) in [6, 6.07) is 5.32. The third-order valence-electron chi connectivity index (χ3n) is 2.82. The van der Waals surface area contributed by atoms with Crippen LogP contribution in [-0.4, -0.2) is 34.6 Å². The second-order valence-corrected chi connectivity index (χ2v) is 6.39. The number of carboxylic acid groups (broad SMARTS) is 1. The molecule has 0 saturated heterocycles. The molecule has 0 radical (unpaired) electrons. The molecule has 6 nitrogen and oxygen atoms in total. The Kier molecular flexibility index (Phi) is 6.57. The lowest BCUT2D eigenvalue weighted by atomic mass is 10.0. The molecule has 1 aromatic rings. The Morgan fingerprint density at radius 3 is 2.39 bits per heavy atom. The molecule has 0 aliphatic rings. The van der Waals surface area contributed by atoms with Crippen molar-refractivity contribution in [2.75, 3.05) is 0 Å². The van der Waals surface area contributed by atoms with E-state index in [0.29, 0.717) is 10.6 Å². The number of ketones is 1. The first-order valence-corrected chi connectivity index (χ1v) is 7.48. The second-order valence-electron chi connectivity index (χ2n) is 5.98. The highest BCUT2D eigenvalue weighted by molar-refractivity contribution is 6.33. The maximum absolute atomic E-state index is 12.1. The lowest BCUT2D eigenvalue weighted by molar-refractivity contribution is -0.139. The average molecular weight is 342 g/mol. The molecule has 0 bridgehead atoms. The lowest BCUT2D eigenvalue weighted by Gasteiger charge is -2.21. The van der Waals surface area contributed by atoms with Gasteiger partial charge in [-0.15, -0.1) is 0 Å². The summed E-state index contributed by atoms with van der Waals surface area (Å²) in [6.45, 7) is 5.01. The Bertz CT molecular complexity index is 594. The normalized spacial score (nSPS) is 12.3. The molecule has 1 aromatic carbocycles. The molecule has 0 saturated carbocycles. The van der Waals surface area contributed by atoms with Crippen LogP contribution in [0.15, 0.2) is 24.3 Å². The number of hydrogen-bond donors (Lipinski definition) is 2. The molecule has 1 rings (SSSR count). The number of Topliss-reactive ketones (excluding diaryl/α,β-unsaturated/α-hetero) is 1. The quantitative estimate of drug-likeness (QED) is 0.774. The summed E-state index contributed by atoms with van der Waals surface area (Å²) >= 11 is 5.93. The number of nitrogens with one attached hydrogen (secondary N) is 1. The van der Waals surface area contributed by atoms with Crippen LogP contribution in [0, 0.1) is 0 Å². The Morgan fingerprint density at radius 1 is 1.26 bits per heavy atom. The minimum atomic E-state index is -1.23. The molecule has 1 amide bonds. The van der Waals surface area contributed by atoms with Crippen LogP contribution in [0.3, 0.4) is 0 Å². The number of rotatable bonds is 6. The van der Waals surface area contributed by atoms with E-state index in [1.807, 2.05) is 0 Å². The molecule has 0 spiro atoms. The van der Waals surface area contributed by atoms with Crippen LogP contribution in [-0.2, 0) is 9.53 Å². The largest absolute Gasteiger partial charge is 0.480 e. The SMILES string of the molecule is CC(C)(C)OC(=O)N[C@@H](CCC(=O)c1ccccc1Cl)C(=O)O. The van der Waals surface area contributed by atoms with Crippen molar-refractivity contribution in [2.24, 2.45) is 0 Å². The van der Waals surface area contributed by atoms with Gasteiger partial charge in [0.05, 0.1) is 5.02 Å². The zero-order valence-corrected chi connectivity index (χ0v) is 14.0. The van der Waals surface area contributed by atoms with Crippen LogP contribution in [0.5, 0.6) is 0 Å². The Balaban J connectivity index is 2.64. The van der Waals surface area contributed by atoms with Crippen molar-refractivity contribution >= 4 is 29.4 Å². The van der Waals surface area contributed by atoms with E-state index in [0.717, 1.165) is 0 Å². The summed E-state index contributed by atoms with van der Waals surface area (Å²) in [7, 11) is 0. The van der Waals surface area contributed by atoms with Gasteiger partial charge < -0.3 is 15.2 Å². The molecule has 0 aliphatic carbocycles. The fourth-order valence-electron chi connectivity index (χ4n) is 1.80. The van der Waals surface area contributed by atoms with Crippen molar-refractivity contribution < 1.29 is 24.2 Å². The van der Waals surface area contributed by atoms with E-state index in [1.54, 1.807) is 45.0 Å². The summed E-state index contributed by atoms with van der Waals surface area (Å²) in [5.41, 5.74) is -0.406. The first-order chi connectivity index (χ1) is 10.6. The van der Waals surface area contributed by atoms with Crippen molar-refractivity contribution in [3.8, 4) is 0 Å². The lowest BCUT2D eigenvalue weighted by Crippen LogP contribution is -2.43. The number of carboxylic acids is 1. The topological polar surface area (TPSA) is 92.7 Å². The number of aliphatic carboxylic acids is 1. The molecule has 23 heavy (non-hydrogen) atoms. The smallest absolute Gasteiger partial charge is 0.408 e. The number of ether oxygens (including phenoxy) is 1. The van der Waals surface area contributed by atoms with Crippen LogP contribution in [0.2, 0.25) is 5.02 Å². The number of carbonyl (C=O) groups excluding carboxylic acids is 2. The highest BCUT2D eigenvalue weighted by Crippen LogP contribution is 2.18. The third-order valence-corrected chi connectivity index (χ3v) is 3.15. The van der Waals surface area contributed by atoms with Gasteiger partial charge in [-0.05, 0) is 39.3 Å². The number of amides is 1. The Hall–Kier alpha value is -2.08. The summed E-state index contributed by atoms with van der Waals surface area (Å²) in [6.07, 6.45) is -0.954. The molecular weight excluding hydrogens is 322 g/mol. The predicted molar refractivity (Wildman–Crippen MR) is 85.8 cm³/mol. The number of halogens is 1. The van der Waals surface area contributed by atoms with Gasteiger partial charge >= 0.3 is 12.1 Å². The Morgan fingerprint density at radius 2 is 1.87 bits per heavy atom. The molecule has 0 fully saturated rings. The monoisotopic (exact) mass is 341 g/mol. The van der Waals surface area contributed by atoms with Gasteiger partial charge in [-0.1, -0.05) is 23.7 Å². The maximum atomic E-state index is 12.1. The molecule has 0 heterocycles. The first-order valence-electron chi connectivity index (χ1n) is 7.10. The van der Waals surface area contributed by atoms with E-state index < -0.39 is 23.7 Å². The van der Waals surface area contributed by atoms with Crippen LogP contribution in [0.25, 0.3) is 0 Å². The van der Waals surface area contributed by atoms with Crippen molar-refractivity contribution in [2.45, 2.75) is 45.3 Å². The van der Waals surface area contributed by atoms with E-state index in [-0.39, 0.29) is 18.6 Å². The molecule has 0 unspecified atom stereocenters. The fraction of sp³-hybridized carbons (Fsp3) is 0.438. The van der Waals surface area contributed by atoms with Crippen molar-refractivity contribution in [1.82, 2.24) is 5.32 Å². The number of carbonyl (C=O) groups is 3. The van der Waals surface area contributed by atoms with Gasteiger partial charge in [0, 0.05) is 12.0 Å². The fourth-order valence-corrected chi connectivity index (χ4v) is 2.05. The van der Waals surface area contributed by atoms with Crippen LogP contribution < -0.4 is 5.32 Å². The van der Waals surface area contributed by atoms with E-state index in [9.17, 15) is 14.4 Å². The van der Waals surface area contributed by atoms with E-state index in [2.05, 4.69) is 5.32 Å². The van der Waals surface area contributed by atoms with E-state index in [4.69, 9.17) is 21.4 Å². The van der Waals surface area contributed by atoms with Gasteiger partial charge in [0.1, 0.15) is 11.6 Å². The van der Waals surface area contributed by atoms with Gasteiger partial charge in [-0.3, -0.25) is 4.79 Å². The Labute approximate surface area is 139 Å². The van der Waals surface area contributed by atoms with Crippen LogP contribution in [0.1, 0.15) is 44.0 Å². The molecule has 7 heteroatoms. The van der Waals surface area contributed by atoms with E-state index >= 15 is 0 Å². The average Bonchev–Trinajstić information content (AvgIpc) is 2.41. The highest BCUT2D eigenvalue weighted by atomic mass is 35.5. The van der Waals surface area contributed by atoms with Gasteiger partial charge in [0.25, 0.3) is 0 Å². The molecule has 0 aliphatic heterocycles. The zero-order valence-electron chi connectivity index (χ0n) is 13.3. The minimum absolute atomic E-state index is 0.0569. The van der Waals surface area contributed by atoms with Crippen LogP contribution >= 0.6 is 11.6 Å². The number of hydrogen-bond acceptors (Lipinski definition) is 4. The molecule has 126 valence electrons. The summed E-state index contributed by atoms with van der Waals surface area (Å²) in [5, 5.41) is 11.7. The minimum Gasteiger partial charge on any atom is -0.480 e. The predicted octanol–water partition coefficient (Wildman–Crippen LogP) is 3.28. The van der Waals surface area contributed by atoms with Gasteiger partial charge in [0.2, 0.25) is 0 Å². The van der Waals surface area contributed by atoms with Gasteiger partial charge in [-0.25, -0.2) is 9.59 Å². The van der Waals surface area contributed by atoms with Crippen molar-refractivity contribution in [3.05, 3.63) is 34.9 Å². The number of alkyl carbamates (subject to hydrolysis) is 1. The first kappa shape index (κ1) is 19.0. The van der Waals surface area contributed by atoms with Crippen LogP contribution in [0.4, 0.5) is 4.79 Å². The second kappa shape index (κ2) is 7.97. The molecule has 1 atom stereocenters. The molecule has 0 aromatic heterocycles. The third kappa shape index (κ3) is 6.69. The zero-order chi connectivity index (χ0) is 17.6. The summed E-state index contributed by atoms with van der Waals surface area (Å²) in [4.78, 5) is 34.9. The number of benzene rings is 1. The summed E-state index contributed by atoms with van der Waals surface area (Å²) < 4.78 is 5.01. The van der Waals surface area contributed by atoms with E-state index in [1.165, 1.54) is 0 Å². The molecular formula is C16H20ClNO5. The standard InChI is InChI=1S/C16H20ClNO5/c1-16(2,3)23-15(22)18-12(14(20)21)8-9-13(19)10-6-4-5-7-11(10)17/h4-7,12H,8-9H2,1-3H3,(H,18,22)(H,20,21)/t12-/m0/s1. The summed E-state index contributed by atoms with van der Waals surface area (Å²) in [5.74, 6) is -1.52. The van der Waals surface area contributed by atoms with Gasteiger partial charge in [0.15, 0.2) is 5.78 Å². The molecule has 2 N–H and O–H groups in total. The maximum Gasteiger partial charge on any atom is 0.408 e. The van der Waals surface area contributed by atoms with Gasteiger partial charge in [-0.2, -0.15) is 0 Å². The highest BCUT2D eigenvalue weighted by Gasteiger charge is 2.25.